The van der Waals surface area contributed by atoms with Crippen LogP contribution < -0.4 is 0 Å². The van der Waals surface area contributed by atoms with Crippen LogP contribution in [0.25, 0.3) is 12.2 Å². The first-order chi connectivity index (χ1) is 10.9. The summed E-state index contributed by atoms with van der Waals surface area (Å²) < 4.78 is 0. The first-order valence-electron chi connectivity index (χ1n) is 7.30. The Labute approximate surface area is 131 Å². The van der Waals surface area contributed by atoms with Crippen LogP contribution >= 0.6 is 0 Å². The molecule has 0 radical (unpaired) electrons. The molecule has 3 aromatic rings. The third-order valence-corrected chi connectivity index (χ3v) is 3.30. The van der Waals surface area contributed by atoms with Gasteiger partial charge in [0.25, 0.3) is 0 Å². The van der Waals surface area contributed by atoms with Gasteiger partial charge >= 0.3 is 0 Å². The maximum Gasteiger partial charge on any atom is 0.0249 e. The smallest absolute Gasteiger partial charge is 0.0249 e. The fraction of sp³-hybridized carbons (Fsp3) is 0. The minimum atomic E-state index is 1.03. The Balaban J connectivity index is 1.71. The highest BCUT2D eigenvalue weighted by Crippen LogP contribution is 2.09. The van der Waals surface area contributed by atoms with Crippen molar-refractivity contribution in [3.63, 3.8) is 0 Å². The summed E-state index contributed by atoms with van der Waals surface area (Å²) in [4.78, 5) is 0. The molecule has 22 heavy (non-hydrogen) atoms. The summed E-state index contributed by atoms with van der Waals surface area (Å²) in [6, 6.07) is 28.6. The largest absolute Gasteiger partial charge is 0.0622 e. The van der Waals surface area contributed by atoms with Crippen LogP contribution in [0.3, 0.4) is 0 Å². The number of benzene rings is 3. The lowest BCUT2D eigenvalue weighted by molar-refractivity contribution is 1.60. The molecule has 0 spiro atoms. The van der Waals surface area contributed by atoms with E-state index in [0.717, 1.165) is 11.1 Å². The normalized spacial score (nSPS) is 10.2. The summed E-state index contributed by atoms with van der Waals surface area (Å²) in [5.41, 5.74) is 4.45. The Morgan fingerprint density at radius 3 is 1.50 bits per heavy atom. The van der Waals surface area contributed by atoms with Crippen molar-refractivity contribution in [2.24, 2.45) is 0 Å². The van der Waals surface area contributed by atoms with E-state index in [1.54, 1.807) is 0 Å². The van der Waals surface area contributed by atoms with Crippen molar-refractivity contribution in [1.82, 2.24) is 0 Å². The van der Waals surface area contributed by atoms with Crippen LogP contribution in [0, 0.1) is 11.8 Å². The standard InChI is InChI=1S/C22H16/c1-3-7-19(8-4-1)11-13-21-15-17-22(18-16-21)14-12-20-9-5-2-6-10-20/h1-11,13,15-18H/b13-11-. The van der Waals surface area contributed by atoms with E-state index in [9.17, 15) is 0 Å². The third kappa shape index (κ3) is 3.98. The second-order valence-electron chi connectivity index (χ2n) is 4.98. The summed E-state index contributed by atoms with van der Waals surface area (Å²) in [5, 5.41) is 0. The van der Waals surface area contributed by atoms with Crippen molar-refractivity contribution in [2.75, 3.05) is 0 Å². The molecule has 3 aromatic carbocycles. The van der Waals surface area contributed by atoms with Crippen molar-refractivity contribution >= 4 is 12.2 Å². The zero-order chi connectivity index (χ0) is 15.0. The average Bonchev–Trinajstić information content (AvgIpc) is 2.61. The summed E-state index contributed by atoms with van der Waals surface area (Å²) in [7, 11) is 0. The third-order valence-electron chi connectivity index (χ3n) is 3.30. The minimum Gasteiger partial charge on any atom is -0.0622 e. The molecule has 0 saturated heterocycles. The lowest BCUT2D eigenvalue weighted by Gasteiger charge is -1.95. The van der Waals surface area contributed by atoms with Crippen molar-refractivity contribution in [3.05, 3.63) is 107 Å². The van der Waals surface area contributed by atoms with E-state index >= 15 is 0 Å². The SMILES string of the molecule is C(#Cc1ccc(/C=C\c2ccccc2)cc1)c1ccccc1. The van der Waals surface area contributed by atoms with E-state index < -0.39 is 0 Å². The van der Waals surface area contributed by atoms with Gasteiger partial charge in [-0.3, -0.25) is 0 Å². The average molecular weight is 280 g/mol. The predicted octanol–water partition coefficient (Wildman–Crippen LogP) is 5.26. The Bertz CT molecular complexity index is 799. The van der Waals surface area contributed by atoms with E-state index in [1.165, 1.54) is 11.1 Å². The molecule has 0 amide bonds. The molecule has 0 heterocycles. The van der Waals surface area contributed by atoms with Gasteiger partial charge in [-0.05, 0) is 35.4 Å². The Hall–Kier alpha value is -3.04. The van der Waals surface area contributed by atoms with E-state index in [2.05, 4.69) is 60.4 Å². The molecule has 0 aliphatic heterocycles. The molecule has 0 heteroatoms. The molecule has 0 N–H and O–H groups in total. The van der Waals surface area contributed by atoms with Crippen molar-refractivity contribution in [2.45, 2.75) is 0 Å². The van der Waals surface area contributed by atoms with Gasteiger partial charge in [0.1, 0.15) is 0 Å². The highest BCUT2D eigenvalue weighted by molar-refractivity contribution is 5.69. The monoisotopic (exact) mass is 280 g/mol. The second kappa shape index (κ2) is 7.11. The Morgan fingerprint density at radius 2 is 0.909 bits per heavy atom. The first-order valence-corrected chi connectivity index (χ1v) is 7.30. The molecule has 0 fully saturated rings. The molecule has 0 unspecified atom stereocenters. The van der Waals surface area contributed by atoms with Crippen molar-refractivity contribution < 1.29 is 0 Å². The zero-order valence-corrected chi connectivity index (χ0v) is 12.2. The van der Waals surface area contributed by atoms with Crippen LogP contribution in [0.4, 0.5) is 0 Å². The van der Waals surface area contributed by atoms with Crippen molar-refractivity contribution in [3.8, 4) is 11.8 Å². The van der Waals surface area contributed by atoms with Gasteiger partial charge in [0.15, 0.2) is 0 Å². The maximum atomic E-state index is 3.19. The first kappa shape index (κ1) is 13.9. The highest BCUT2D eigenvalue weighted by Gasteiger charge is 1.90. The highest BCUT2D eigenvalue weighted by atomic mass is 13.9. The fourth-order valence-corrected chi connectivity index (χ4v) is 2.10. The molecule has 0 aliphatic carbocycles. The number of hydrogen-bond donors (Lipinski definition) is 0. The molecule has 0 nitrogen and oxygen atoms in total. The van der Waals surface area contributed by atoms with Gasteiger partial charge in [0, 0.05) is 11.1 Å². The van der Waals surface area contributed by atoms with Crippen LogP contribution in [-0.4, -0.2) is 0 Å². The maximum absolute atomic E-state index is 3.19. The van der Waals surface area contributed by atoms with Gasteiger partial charge in [-0.2, -0.15) is 0 Å². The molecule has 3 rings (SSSR count). The van der Waals surface area contributed by atoms with Crippen LogP contribution in [0.1, 0.15) is 22.3 Å². The van der Waals surface area contributed by atoms with Crippen LogP contribution in [0.2, 0.25) is 0 Å². The summed E-state index contributed by atoms with van der Waals surface area (Å²) in [6.45, 7) is 0. The van der Waals surface area contributed by atoms with Crippen molar-refractivity contribution in [1.29, 1.82) is 0 Å². The predicted molar refractivity (Wildman–Crippen MR) is 94.2 cm³/mol. The summed E-state index contributed by atoms with van der Waals surface area (Å²) >= 11 is 0. The zero-order valence-electron chi connectivity index (χ0n) is 12.2. The molecule has 0 saturated carbocycles. The molecule has 0 aromatic heterocycles. The van der Waals surface area contributed by atoms with Crippen LogP contribution in [0.5, 0.6) is 0 Å². The number of hydrogen-bond acceptors (Lipinski definition) is 0. The van der Waals surface area contributed by atoms with E-state index in [1.807, 2.05) is 48.5 Å². The lowest BCUT2D eigenvalue weighted by Crippen LogP contribution is -1.77. The topological polar surface area (TPSA) is 0 Å². The second-order valence-corrected chi connectivity index (χ2v) is 4.98. The molecular formula is C22H16. The Kier molecular flexibility index (Phi) is 4.50. The van der Waals surface area contributed by atoms with Gasteiger partial charge in [0.2, 0.25) is 0 Å². The molecule has 104 valence electrons. The van der Waals surface area contributed by atoms with E-state index in [4.69, 9.17) is 0 Å². The van der Waals surface area contributed by atoms with Gasteiger partial charge in [-0.25, -0.2) is 0 Å². The van der Waals surface area contributed by atoms with Crippen LogP contribution in [0.15, 0.2) is 84.9 Å². The molecule has 0 atom stereocenters. The quantitative estimate of drug-likeness (QED) is 0.444. The van der Waals surface area contributed by atoms with E-state index in [-0.39, 0.29) is 0 Å². The number of rotatable bonds is 2. The van der Waals surface area contributed by atoms with Gasteiger partial charge in [-0.15, -0.1) is 0 Å². The lowest BCUT2D eigenvalue weighted by atomic mass is 10.1. The summed E-state index contributed by atoms with van der Waals surface area (Å²) in [6.07, 6.45) is 4.23. The van der Waals surface area contributed by atoms with Crippen LogP contribution in [-0.2, 0) is 0 Å². The van der Waals surface area contributed by atoms with Gasteiger partial charge in [-0.1, -0.05) is 84.7 Å². The molecule has 0 aliphatic rings. The Morgan fingerprint density at radius 1 is 0.455 bits per heavy atom. The molecule has 0 bridgehead atoms. The van der Waals surface area contributed by atoms with Gasteiger partial charge < -0.3 is 0 Å². The van der Waals surface area contributed by atoms with E-state index in [0.29, 0.717) is 0 Å². The fourth-order valence-electron chi connectivity index (χ4n) is 2.10. The minimum absolute atomic E-state index is 1.03. The summed E-state index contributed by atoms with van der Waals surface area (Å²) in [5.74, 6) is 6.36. The molecular weight excluding hydrogens is 264 g/mol. The van der Waals surface area contributed by atoms with Gasteiger partial charge in [0.05, 0.1) is 0 Å².